The van der Waals surface area contributed by atoms with Crippen molar-refractivity contribution in [1.29, 1.82) is 0 Å². The van der Waals surface area contributed by atoms with Gasteiger partial charge in [0.1, 0.15) is 5.78 Å². The summed E-state index contributed by atoms with van der Waals surface area (Å²) >= 11 is 0. The van der Waals surface area contributed by atoms with Gasteiger partial charge in [-0.1, -0.05) is 18.2 Å². The lowest BCUT2D eigenvalue weighted by molar-refractivity contribution is -0.116. The molecule has 0 aliphatic carbocycles. The highest BCUT2D eigenvalue weighted by atomic mass is 16.1. The highest BCUT2D eigenvalue weighted by Crippen LogP contribution is 2.25. The molecule has 0 aliphatic heterocycles. The fourth-order valence-corrected chi connectivity index (χ4v) is 2.19. The molecule has 88 valence electrons. The standard InChI is InChI=1S/C14H15NO2/c1-9(16)8-13(17)14-10(2)15(3)12-7-5-4-6-11(12)14/h4-7H,8H2,1-3H3. The minimum Gasteiger partial charge on any atom is -0.347 e. The van der Waals surface area contributed by atoms with Crippen molar-refractivity contribution < 1.29 is 9.59 Å². The molecule has 0 unspecified atom stereocenters. The van der Waals surface area contributed by atoms with Crippen LogP contribution in [0, 0.1) is 6.92 Å². The average molecular weight is 229 g/mol. The lowest BCUT2D eigenvalue weighted by Gasteiger charge is -2.00. The number of nitrogens with zero attached hydrogens (tertiary/aromatic N) is 1. The van der Waals surface area contributed by atoms with Crippen LogP contribution in [-0.4, -0.2) is 16.1 Å². The van der Waals surface area contributed by atoms with Gasteiger partial charge in [0.15, 0.2) is 5.78 Å². The Labute approximate surface area is 100 Å². The Hall–Kier alpha value is -1.90. The number of fused-ring (bicyclic) bond motifs is 1. The molecule has 0 spiro atoms. The van der Waals surface area contributed by atoms with Crippen LogP contribution < -0.4 is 0 Å². The summed E-state index contributed by atoms with van der Waals surface area (Å²) in [6.07, 6.45) is -0.0190. The van der Waals surface area contributed by atoms with Crippen molar-refractivity contribution in [2.75, 3.05) is 0 Å². The number of rotatable bonds is 3. The predicted molar refractivity (Wildman–Crippen MR) is 67.3 cm³/mol. The number of hydrogen-bond acceptors (Lipinski definition) is 2. The van der Waals surface area contributed by atoms with Crippen molar-refractivity contribution in [3.8, 4) is 0 Å². The van der Waals surface area contributed by atoms with Gasteiger partial charge in [0.25, 0.3) is 0 Å². The molecular weight excluding hydrogens is 214 g/mol. The summed E-state index contributed by atoms with van der Waals surface area (Å²) in [6.45, 7) is 3.35. The van der Waals surface area contributed by atoms with Crippen molar-refractivity contribution in [3.63, 3.8) is 0 Å². The molecule has 2 rings (SSSR count). The van der Waals surface area contributed by atoms with E-state index in [0.717, 1.165) is 16.6 Å². The van der Waals surface area contributed by atoms with E-state index >= 15 is 0 Å². The van der Waals surface area contributed by atoms with E-state index in [0.29, 0.717) is 5.56 Å². The molecule has 0 saturated carbocycles. The zero-order chi connectivity index (χ0) is 12.6. The van der Waals surface area contributed by atoms with Gasteiger partial charge < -0.3 is 4.57 Å². The Balaban J connectivity index is 2.64. The zero-order valence-electron chi connectivity index (χ0n) is 10.3. The summed E-state index contributed by atoms with van der Waals surface area (Å²) in [5.41, 5.74) is 2.62. The number of aryl methyl sites for hydroxylation is 1. The molecule has 0 fully saturated rings. The lowest BCUT2D eigenvalue weighted by Crippen LogP contribution is -2.06. The Morgan fingerprint density at radius 3 is 2.53 bits per heavy atom. The van der Waals surface area contributed by atoms with E-state index in [-0.39, 0.29) is 18.0 Å². The number of para-hydroxylation sites is 1. The average Bonchev–Trinajstić information content (AvgIpc) is 2.51. The maximum Gasteiger partial charge on any atom is 0.172 e. The van der Waals surface area contributed by atoms with E-state index in [4.69, 9.17) is 0 Å². The number of carbonyl (C=O) groups is 2. The first-order chi connectivity index (χ1) is 8.02. The first kappa shape index (κ1) is 11.6. The van der Waals surface area contributed by atoms with Crippen LogP contribution in [0.4, 0.5) is 0 Å². The SMILES string of the molecule is CC(=O)CC(=O)c1c(C)n(C)c2ccccc12. The lowest BCUT2D eigenvalue weighted by atomic mass is 10.0. The van der Waals surface area contributed by atoms with Gasteiger partial charge >= 0.3 is 0 Å². The summed E-state index contributed by atoms with van der Waals surface area (Å²) in [5.74, 6) is -0.186. The number of hydrogen-bond donors (Lipinski definition) is 0. The molecule has 0 saturated heterocycles. The normalized spacial score (nSPS) is 10.8. The molecule has 3 heteroatoms. The van der Waals surface area contributed by atoms with Gasteiger partial charge in [-0.15, -0.1) is 0 Å². The second-order valence-electron chi connectivity index (χ2n) is 4.34. The van der Waals surface area contributed by atoms with Crippen LogP contribution in [-0.2, 0) is 11.8 Å². The first-order valence-electron chi connectivity index (χ1n) is 5.59. The Morgan fingerprint density at radius 1 is 1.24 bits per heavy atom. The Kier molecular flexibility index (Phi) is 2.84. The van der Waals surface area contributed by atoms with E-state index in [9.17, 15) is 9.59 Å². The number of carbonyl (C=O) groups excluding carboxylic acids is 2. The van der Waals surface area contributed by atoms with Crippen LogP contribution in [0.25, 0.3) is 10.9 Å². The topological polar surface area (TPSA) is 39.1 Å². The van der Waals surface area contributed by atoms with Crippen LogP contribution in [0.2, 0.25) is 0 Å². The third kappa shape index (κ3) is 1.88. The molecule has 1 heterocycles. The van der Waals surface area contributed by atoms with Gasteiger partial charge in [-0.05, 0) is 19.9 Å². The van der Waals surface area contributed by atoms with Gasteiger partial charge in [-0.3, -0.25) is 9.59 Å². The van der Waals surface area contributed by atoms with E-state index < -0.39 is 0 Å². The van der Waals surface area contributed by atoms with Crippen LogP contribution >= 0.6 is 0 Å². The Bertz CT molecular complexity index is 608. The molecule has 1 aromatic carbocycles. The van der Waals surface area contributed by atoms with Crippen molar-refractivity contribution >= 4 is 22.5 Å². The van der Waals surface area contributed by atoms with Crippen LogP contribution in [0.1, 0.15) is 29.4 Å². The summed E-state index contributed by atoms with van der Waals surface area (Å²) in [5, 5.41) is 0.929. The first-order valence-corrected chi connectivity index (χ1v) is 5.59. The molecule has 17 heavy (non-hydrogen) atoms. The largest absolute Gasteiger partial charge is 0.347 e. The zero-order valence-corrected chi connectivity index (χ0v) is 10.3. The molecule has 0 bridgehead atoms. The maximum atomic E-state index is 12.1. The molecular formula is C14H15NO2. The third-order valence-electron chi connectivity index (χ3n) is 3.09. The molecule has 2 aromatic rings. The van der Waals surface area contributed by atoms with Crippen molar-refractivity contribution in [1.82, 2.24) is 4.57 Å². The van der Waals surface area contributed by atoms with Crippen LogP contribution in [0.3, 0.4) is 0 Å². The van der Waals surface area contributed by atoms with Crippen molar-refractivity contribution in [2.45, 2.75) is 20.3 Å². The van der Waals surface area contributed by atoms with E-state index in [1.165, 1.54) is 6.92 Å². The van der Waals surface area contributed by atoms with Crippen LogP contribution in [0.5, 0.6) is 0 Å². The highest BCUT2D eigenvalue weighted by Gasteiger charge is 2.18. The fourth-order valence-electron chi connectivity index (χ4n) is 2.19. The molecule has 3 nitrogen and oxygen atoms in total. The smallest absolute Gasteiger partial charge is 0.172 e. The quantitative estimate of drug-likeness (QED) is 0.599. The number of benzene rings is 1. The number of ketones is 2. The predicted octanol–water partition coefficient (Wildman–Crippen LogP) is 2.65. The van der Waals surface area contributed by atoms with Gasteiger partial charge in [0.2, 0.25) is 0 Å². The van der Waals surface area contributed by atoms with Gasteiger partial charge in [-0.2, -0.15) is 0 Å². The molecule has 0 atom stereocenters. The summed E-state index contributed by atoms with van der Waals surface area (Å²) < 4.78 is 1.99. The Morgan fingerprint density at radius 2 is 1.88 bits per heavy atom. The third-order valence-corrected chi connectivity index (χ3v) is 3.09. The van der Waals surface area contributed by atoms with Gasteiger partial charge in [-0.25, -0.2) is 0 Å². The second kappa shape index (κ2) is 4.17. The van der Waals surface area contributed by atoms with Crippen molar-refractivity contribution in [3.05, 3.63) is 35.5 Å². The highest BCUT2D eigenvalue weighted by molar-refractivity contribution is 6.15. The minimum atomic E-state index is -0.0951. The summed E-state index contributed by atoms with van der Waals surface area (Å²) in [7, 11) is 1.93. The van der Waals surface area contributed by atoms with Crippen LogP contribution in [0.15, 0.2) is 24.3 Å². The molecule has 1 aromatic heterocycles. The van der Waals surface area contributed by atoms with Gasteiger partial charge in [0.05, 0.1) is 6.42 Å². The molecule has 0 radical (unpaired) electrons. The van der Waals surface area contributed by atoms with Gasteiger partial charge in [0, 0.05) is 29.2 Å². The fraction of sp³-hybridized carbons (Fsp3) is 0.286. The summed E-state index contributed by atoms with van der Waals surface area (Å²) in [6, 6.07) is 7.76. The van der Waals surface area contributed by atoms with E-state index in [2.05, 4.69) is 0 Å². The van der Waals surface area contributed by atoms with E-state index in [1.54, 1.807) is 0 Å². The number of Topliss-reactive ketones (excluding diaryl/α,β-unsaturated/α-hetero) is 2. The monoisotopic (exact) mass is 229 g/mol. The molecule has 0 amide bonds. The van der Waals surface area contributed by atoms with Crippen molar-refractivity contribution in [2.24, 2.45) is 7.05 Å². The minimum absolute atomic E-state index is 0.0190. The number of aromatic nitrogens is 1. The molecule has 0 aliphatic rings. The maximum absolute atomic E-state index is 12.1. The molecule has 0 N–H and O–H groups in total. The van der Waals surface area contributed by atoms with E-state index in [1.807, 2.05) is 42.8 Å². The second-order valence-corrected chi connectivity index (χ2v) is 4.34. The summed E-state index contributed by atoms with van der Waals surface area (Å²) in [4.78, 5) is 23.1.